The molecule has 1 amide bonds. The van der Waals surface area contributed by atoms with Crippen LogP contribution in [0.3, 0.4) is 0 Å². The zero-order chi connectivity index (χ0) is 15.4. The van der Waals surface area contributed by atoms with Crippen molar-refractivity contribution in [3.05, 3.63) is 58.1 Å². The van der Waals surface area contributed by atoms with Crippen molar-refractivity contribution in [1.82, 2.24) is 10.3 Å². The fraction of sp³-hybridized carbons (Fsp3) is 0.200. The molecule has 0 saturated heterocycles. The summed E-state index contributed by atoms with van der Waals surface area (Å²) in [4.78, 5) is 15.0. The summed E-state index contributed by atoms with van der Waals surface area (Å²) in [6.45, 7) is 1.75. The lowest BCUT2D eigenvalue weighted by molar-refractivity contribution is 0.0938. The number of H-pyrrole nitrogens is 1. The topological polar surface area (TPSA) is 54.1 Å². The molecular formula is C15H15FN2O2S. The van der Waals surface area contributed by atoms with E-state index in [-0.39, 0.29) is 11.7 Å². The van der Waals surface area contributed by atoms with Gasteiger partial charge >= 0.3 is 0 Å². The summed E-state index contributed by atoms with van der Waals surface area (Å²) in [5.74, 6) is -0.193. The SMILES string of the molecule is COc1ccc(F)cc1C(C)NC(=O)c1ccc[nH]c1=S. The highest BCUT2D eigenvalue weighted by molar-refractivity contribution is 7.71. The average molecular weight is 306 g/mol. The Balaban J connectivity index is 2.24. The van der Waals surface area contributed by atoms with E-state index in [4.69, 9.17) is 17.0 Å². The van der Waals surface area contributed by atoms with E-state index in [1.54, 1.807) is 25.3 Å². The predicted molar refractivity (Wildman–Crippen MR) is 80.5 cm³/mol. The van der Waals surface area contributed by atoms with Crippen LogP contribution in [0.5, 0.6) is 5.75 Å². The van der Waals surface area contributed by atoms with E-state index in [0.29, 0.717) is 21.5 Å². The predicted octanol–water partition coefficient (Wildman–Crippen LogP) is 3.38. The van der Waals surface area contributed by atoms with E-state index in [0.717, 1.165) is 0 Å². The van der Waals surface area contributed by atoms with Crippen LogP contribution in [0.25, 0.3) is 0 Å². The van der Waals surface area contributed by atoms with E-state index >= 15 is 0 Å². The average Bonchev–Trinajstić information content (AvgIpc) is 2.47. The van der Waals surface area contributed by atoms with Crippen LogP contribution in [0, 0.1) is 10.5 Å². The Morgan fingerprint density at radius 2 is 2.19 bits per heavy atom. The molecular weight excluding hydrogens is 291 g/mol. The minimum atomic E-state index is -0.419. The quantitative estimate of drug-likeness (QED) is 0.851. The lowest BCUT2D eigenvalue weighted by Gasteiger charge is -2.17. The van der Waals surface area contributed by atoms with E-state index < -0.39 is 6.04 Å². The van der Waals surface area contributed by atoms with Gasteiger partial charge in [-0.2, -0.15) is 0 Å². The molecule has 6 heteroatoms. The van der Waals surface area contributed by atoms with Crippen molar-refractivity contribution in [1.29, 1.82) is 0 Å². The molecule has 2 rings (SSSR count). The molecule has 1 unspecified atom stereocenters. The van der Waals surface area contributed by atoms with Gasteiger partial charge in [-0.15, -0.1) is 0 Å². The highest BCUT2D eigenvalue weighted by Crippen LogP contribution is 2.26. The third kappa shape index (κ3) is 3.46. The Hall–Kier alpha value is -2.21. The summed E-state index contributed by atoms with van der Waals surface area (Å²) in [5, 5.41) is 2.78. The number of carbonyl (C=O) groups is 1. The van der Waals surface area contributed by atoms with Crippen LogP contribution in [-0.4, -0.2) is 18.0 Å². The molecule has 0 aliphatic heterocycles. The number of carbonyl (C=O) groups excluding carboxylic acids is 1. The van der Waals surface area contributed by atoms with Crippen LogP contribution in [0.4, 0.5) is 4.39 Å². The van der Waals surface area contributed by atoms with E-state index in [1.807, 2.05) is 0 Å². The van der Waals surface area contributed by atoms with Crippen LogP contribution in [0.15, 0.2) is 36.5 Å². The van der Waals surface area contributed by atoms with Crippen LogP contribution in [-0.2, 0) is 0 Å². The number of ether oxygens (including phenoxy) is 1. The first-order valence-corrected chi connectivity index (χ1v) is 6.75. The van der Waals surface area contributed by atoms with Gasteiger partial charge in [0.2, 0.25) is 0 Å². The van der Waals surface area contributed by atoms with Crippen LogP contribution in [0.2, 0.25) is 0 Å². The van der Waals surface area contributed by atoms with Gasteiger partial charge in [-0.3, -0.25) is 4.79 Å². The van der Waals surface area contributed by atoms with Gasteiger partial charge < -0.3 is 15.0 Å². The molecule has 0 radical (unpaired) electrons. The second-order valence-corrected chi connectivity index (χ2v) is 4.90. The highest BCUT2D eigenvalue weighted by atomic mass is 32.1. The smallest absolute Gasteiger partial charge is 0.254 e. The van der Waals surface area contributed by atoms with Gasteiger partial charge in [0.15, 0.2) is 0 Å². The van der Waals surface area contributed by atoms with Gasteiger partial charge in [-0.05, 0) is 37.3 Å². The zero-order valence-electron chi connectivity index (χ0n) is 11.6. The molecule has 2 aromatic rings. The molecule has 4 nitrogen and oxygen atoms in total. The second kappa shape index (κ2) is 6.49. The number of benzene rings is 1. The molecule has 1 atom stereocenters. The Kier molecular flexibility index (Phi) is 4.70. The Bertz CT molecular complexity index is 715. The summed E-state index contributed by atoms with van der Waals surface area (Å²) >= 11 is 5.07. The molecule has 0 aliphatic carbocycles. The van der Waals surface area contributed by atoms with E-state index in [2.05, 4.69) is 10.3 Å². The Labute approximate surface area is 127 Å². The summed E-state index contributed by atoms with van der Waals surface area (Å²) in [6, 6.07) is 7.09. The number of pyridine rings is 1. The molecule has 110 valence electrons. The molecule has 21 heavy (non-hydrogen) atoms. The zero-order valence-corrected chi connectivity index (χ0v) is 12.5. The fourth-order valence-electron chi connectivity index (χ4n) is 2.00. The summed E-state index contributed by atoms with van der Waals surface area (Å²) in [6.07, 6.45) is 1.65. The maximum absolute atomic E-state index is 13.4. The molecule has 0 aliphatic rings. The van der Waals surface area contributed by atoms with Crippen molar-refractivity contribution < 1.29 is 13.9 Å². The number of hydrogen-bond donors (Lipinski definition) is 2. The van der Waals surface area contributed by atoms with Gasteiger partial charge in [0, 0.05) is 11.8 Å². The van der Waals surface area contributed by atoms with Crippen molar-refractivity contribution in [3.63, 3.8) is 0 Å². The second-order valence-electron chi connectivity index (χ2n) is 4.49. The summed E-state index contributed by atoms with van der Waals surface area (Å²) in [7, 11) is 1.50. The number of rotatable bonds is 4. The molecule has 0 spiro atoms. The molecule has 0 saturated carbocycles. The molecule has 1 aromatic heterocycles. The molecule has 2 N–H and O–H groups in total. The first kappa shape index (κ1) is 15.2. The maximum atomic E-state index is 13.4. The Morgan fingerprint density at radius 1 is 1.43 bits per heavy atom. The molecule has 0 bridgehead atoms. The molecule has 0 fully saturated rings. The number of aromatic nitrogens is 1. The normalized spacial score (nSPS) is 11.8. The number of aromatic amines is 1. The first-order valence-electron chi connectivity index (χ1n) is 6.35. The molecule has 1 aromatic carbocycles. The lowest BCUT2D eigenvalue weighted by Crippen LogP contribution is -2.27. The van der Waals surface area contributed by atoms with Crippen LogP contribution in [0.1, 0.15) is 28.9 Å². The summed E-state index contributed by atoms with van der Waals surface area (Å²) in [5.41, 5.74) is 0.936. The van der Waals surface area contributed by atoms with E-state index in [1.165, 1.54) is 25.3 Å². The third-order valence-electron chi connectivity index (χ3n) is 3.07. The molecule has 1 heterocycles. The van der Waals surface area contributed by atoms with Crippen molar-refractivity contribution >= 4 is 18.1 Å². The number of amides is 1. The van der Waals surface area contributed by atoms with Gasteiger partial charge in [0.05, 0.1) is 18.7 Å². The largest absolute Gasteiger partial charge is 0.496 e. The first-order chi connectivity index (χ1) is 10.0. The van der Waals surface area contributed by atoms with Gasteiger partial charge in [-0.1, -0.05) is 12.2 Å². The lowest BCUT2D eigenvalue weighted by atomic mass is 10.1. The van der Waals surface area contributed by atoms with E-state index in [9.17, 15) is 9.18 Å². The third-order valence-corrected chi connectivity index (χ3v) is 3.41. The number of nitrogens with one attached hydrogen (secondary N) is 2. The van der Waals surface area contributed by atoms with Crippen molar-refractivity contribution in [2.75, 3.05) is 7.11 Å². The van der Waals surface area contributed by atoms with Gasteiger partial charge in [-0.25, -0.2) is 4.39 Å². The Morgan fingerprint density at radius 3 is 2.86 bits per heavy atom. The monoisotopic (exact) mass is 306 g/mol. The number of halogens is 1. The minimum absolute atomic E-state index is 0.323. The standard InChI is InChI=1S/C15H15FN2O2S/c1-9(12-8-10(16)5-6-13(12)20-2)18-14(19)11-4-3-7-17-15(11)21/h3-9H,1-2H3,(H,17,21)(H,18,19). The highest BCUT2D eigenvalue weighted by Gasteiger charge is 2.16. The number of hydrogen-bond acceptors (Lipinski definition) is 3. The van der Waals surface area contributed by atoms with Crippen LogP contribution < -0.4 is 10.1 Å². The fourth-order valence-corrected chi connectivity index (χ4v) is 2.22. The van der Waals surface area contributed by atoms with Crippen molar-refractivity contribution in [2.45, 2.75) is 13.0 Å². The van der Waals surface area contributed by atoms with Gasteiger partial charge in [0.25, 0.3) is 5.91 Å². The van der Waals surface area contributed by atoms with Gasteiger partial charge in [0.1, 0.15) is 16.2 Å². The van der Waals surface area contributed by atoms with Crippen molar-refractivity contribution in [2.24, 2.45) is 0 Å². The maximum Gasteiger partial charge on any atom is 0.254 e. The summed E-state index contributed by atoms with van der Waals surface area (Å²) < 4.78 is 18.9. The number of methoxy groups -OCH3 is 1. The van der Waals surface area contributed by atoms with Crippen molar-refractivity contribution in [3.8, 4) is 5.75 Å². The van der Waals surface area contributed by atoms with Crippen LogP contribution >= 0.6 is 12.2 Å². The minimum Gasteiger partial charge on any atom is -0.496 e.